The Labute approximate surface area is 227 Å². The number of methoxy groups -OCH3 is 1. The molecule has 1 aliphatic heterocycles. The van der Waals surface area contributed by atoms with Crippen LogP contribution in [-0.4, -0.2) is 41.4 Å². The topological polar surface area (TPSA) is 92.9 Å². The van der Waals surface area contributed by atoms with Crippen molar-refractivity contribution in [3.8, 4) is 17.2 Å². The molecule has 1 aromatic heterocycles. The molecule has 2 amide bonds. The number of fused-ring (bicyclic) bond motifs is 2. The predicted octanol–water partition coefficient (Wildman–Crippen LogP) is 4.74. The van der Waals surface area contributed by atoms with Crippen LogP contribution in [0.1, 0.15) is 23.6 Å². The molecule has 0 spiro atoms. The first-order chi connectivity index (χ1) is 19.0. The van der Waals surface area contributed by atoms with Crippen molar-refractivity contribution in [3.05, 3.63) is 102 Å². The minimum atomic E-state index is -0.324. The van der Waals surface area contributed by atoms with Crippen LogP contribution in [0.4, 0.5) is 0 Å². The maximum atomic E-state index is 13.3. The highest BCUT2D eigenvalue weighted by atomic mass is 16.5. The fourth-order valence-corrected chi connectivity index (χ4v) is 4.86. The molecule has 5 rings (SSSR count). The van der Waals surface area contributed by atoms with Crippen molar-refractivity contribution in [1.82, 2.24) is 15.2 Å². The summed E-state index contributed by atoms with van der Waals surface area (Å²) >= 11 is 0. The molecule has 1 atom stereocenters. The van der Waals surface area contributed by atoms with Crippen LogP contribution < -0.4 is 19.5 Å². The molecule has 8 heteroatoms. The molecule has 3 aromatic carbocycles. The number of hydrogen-bond donors (Lipinski definition) is 2. The van der Waals surface area contributed by atoms with E-state index in [0.29, 0.717) is 31.0 Å². The minimum absolute atomic E-state index is 0.0843. The number of nitrogens with one attached hydrogen (secondary N) is 2. The van der Waals surface area contributed by atoms with Crippen molar-refractivity contribution in [1.29, 1.82) is 0 Å². The van der Waals surface area contributed by atoms with Gasteiger partial charge in [-0.15, -0.1) is 0 Å². The highest BCUT2D eigenvalue weighted by molar-refractivity contribution is 5.83. The van der Waals surface area contributed by atoms with E-state index >= 15 is 0 Å². The molecule has 39 heavy (non-hydrogen) atoms. The molecule has 200 valence electrons. The fourth-order valence-electron chi connectivity index (χ4n) is 4.86. The third-order valence-corrected chi connectivity index (χ3v) is 6.76. The lowest BCUT2D eigenvalue weighted by Crippen LogP contribution is -2.46. The number of rotatable bonds is 10. The maximum absolute atomic E-state index is 13.3. The standard InChI is InChI=1S/C31H31N3O5/c1-21(35)34(19-23-7-3-6-10-28(23)37-2)20-25(17-24-18-32-27-9-5-4-8-26(24)27)33-31(36)16-22-11-12-29-30(15-22)39-14-13-38-29/h3-15,18,25,32H,16-17,19-20H2,1-2H3,(H,33,36). The van der Waals surface area contributed by atoms with Crippen LogP contribution >= 0.6 is 0 Å². The molecule has 0 saturated heterocycles. The molecule has 0 aliphatic carbocycles. The van der Waals surface area contributed by atoms with Crippen LogP contribution in [0.3, 0.4) is 0 Å². The van der Waals surface area contributed by atoms with Gasteiger partial charge in [0, 0.05) is 42.7 Å². The summed E-state index contributed by atoms with van der Waals surface area (Å²) in [6, 6.07) is 20.8. The first kappa shape index (κ1) is 25.9. The van der Waals surface area contributed by atoms with Gasteiger partial charge in [-0.3, -0.25) is 9.59 Å². The van der Waals surface area contributed by atoms with Crippen LogP contribution in [-0.2, 0) is 29.0 Å². The van der Waals surface area contributed by atoms with Crippen molar-refractivity contribution in [2.24, 2.45) is 0 Å². The summed E-state index contributed by atoms with van der Waals surface area (Å²) in [6.07, 6.45) is 5.61. The number of amides is 2. The van der Waals surface area contributed by atoms with Crippen LogP contribution in [0.15, 0.2) is 85.5 Å². The van der Waals surface area contributed by atoms with E-state index in [4.69, 9.17) is 14.2 Å². The van der Waals surface area contributed by atoms with Crippen molar-refractivity contribution in [2.75, 3.05) is 13.7 Å². The van der Waals surface area contributed by atoms with Gasteiger partial charge in [0.1, 0.15) is 18.3 Å². The van der Waals surface area contributed by atoms with Gasteiger partial charge in [-0.1, -0.05) is 42.5 Å². The first-order valence-corrected chi connectivity index (χ1v) is 12.8. The number of hydrogen-bond acceptors (Lipinski definition) is 5. The zero-order valence-corrected chi connectivity index (χ0v) is 22.0. The number of para-hydroxylation sites is 2. The Morgan fingerprint density at radius 3 is 2.56 bits per heavy atom. The van der Waals surface area contributed by atoms with Crippen molar-refractivity contribution < 1.29 is 23.8 Å². The molecule has 2 N–H and O–H groups in total. The molecule has 0 bridgehead atoms. The monoisotopic (exact) mass is 525 g/mol. The number of H-pyrrole nitrogens is 1. The zero-order valence-electron chi connectivity index (χ0n) is 22.0. The Morgan fingerprint density at radius 1 is 0.974 bits per heavy atom. The summed E-state index contributed by atoms with van der Waals surface area (Å²) in [5.74, 6) is 1.66. The van der Waals surface area contributed by atoms with Gasteiger partial charge in [-0.25, -0.2) is 0 Å². The first-order valence-electron chi connectivity index (χ1n) is 12.8. The normalized spacial score (nSPS) is 12.7. The largest absolute Gasteiger partial charge is 0.496 e. The number of ether oxygens (including phenoxy) is 3. The lowest BCUT2D eigenvalue weighted by atomic mass is 10.0. The molecule has 8 nitrogen and oxygen atoms in total. The third-order valence-electron chi connectivity index (χ3n) is 6.76. The second-order valence-electron chi connectivity index (χ2n) is 9.51. The third kappa shape index (κ3) is 6.23. The number of aromatic amines is 1. The Balaban J connectivity index is 1.36. The molecule has 0 fully saturated rings. The number of aromatic nitrogens is 1. The molecule has 0 saturated carbocycles. The van der Waals surface area contributed by atoms with E-state index in [9.17, 15) is 9.59 Å². The molecule has 1 unspecified atom stereocenters. The second kappa shape index (κ2) is 11.8. The number of nitrogens with zero attached hydrogens (tertiary/aromatic N) is 1. The smallest absolute Gasteiger partial charge is 0.224 e. The molecule has 2 heterocycles. The van der Waals surface area contributed by atoms with Gasteiger partial charge < -0.3 is 29.4 Å². The number of carbonyl (C=O) groups is 2. The van der Waals surface area contributed by atoms with E-state index < -0.39 is 0 Å². The zero-order chi connectivity index (χ0) is 27.2. The van der Waals surface area contributed by atoms with Gasteiger partial charge in [-0.2, -0.15) is 0 Å². The Kier molecular flexibility index (Phi) is 7.82. The average Bonchev–Trinajstić information content (AvgIpc) is 3.35. The molecule has 1 aliphatic rings. The number of carbonyl (C=O) groups excluding carboxylic acids is 2. The molecular formula is C31H31N3O5. The van der Waals surface area contributed by atoms with Gasteiger partial charge in [0.25, 0.3) is 0 Å². The van der Waals surface area contributed by atoms with Crippen molar-refractivity contribution in [2.45, 2.75) is 32.4 Å². The summed E-state index contributed by atoms with van der Waals surface area (Å²) in [4.78, 5) is 31.1. The van der Waals surface area contributed by atoms with Gasteiger partial charge in [0.2, 0.25) is 11.8 Å². The fraction of sp³-hybridized carbons (Fsp3) is 0.226. The van der Waals surface area contributed by atoms with E-state index in [-0.39, 0.29) is 24.3 Å². The predicted molar refractivity (Wildman–Crippen MR) is 149 cm³/mol. The van der Waals surface area contributed by atoms with Gasteiger partial charge >= 0.3 is 0 Å². The Bertz CT molecular complexity index is 1510. The summed E-state index contributed by atoms with van der Waals surface area (Å²) in [5.41, 5.74) is 3.80. The highest BCUT2D eigenvalue weighted by Gasteiger charge is 2.22. The van der Waals surface area contributed by atoms with Gasteiger partial charge in [-0.05, 0) is 41.8 Å². The quantitative estimate of drug-likeness (QED) is 0.312. The van der Waals surface area contributed by atoms with Gasteiger partial charge in [0.15, 0.2) is 11.5 Å². The van der Waals surface area contributed by atoms with Crippen LogP contribution in [0, 0.1) is 0 Å². The molecule has 0 radical (unpaired) electrons. The van der Waals surface area contributed by atoms with Crippen LogP contribution in [0.25, 0.3) is 10.9 Å². The lowest BCUT2D eigenvalue weighted by Gasteiger charge is -2.28. The van der Waals surface area contributed by atoms with E-state index in [1.165, 1.54) is 12.5 Å². The lowest BCUT2D eigenvalue weighted by molar-refractivity contribution is -0.130. The van der Waals surface area contributed by atoms with Crippen molar-refractivity contribution >= 4 is 22.7 Å². The van der Waals surface area contributed by atoms with E-state index in [0.717, 1.165) is 33.3 Å². The maximum Gasteiger partial charge on any atom is 0.224 e. The highest BCUT2D eigenvalue weighted by Crippen LogP contribution is 2.31. The van der Waals surface area contributed by atoms with E-state index in [1.807, 2.05) is 54.7 Å². The summed E-state index contributed by atoms with van der Waals surface area (Å²) in [7, 11) is 1.62. The van der Waals surface area contributed by atoms with Gasteiger partial charge in [0.05, 0.1) is 19.6 Å². The van der Waals surface area contributed by atoms with E-state index in [2.05, 4.69) is 16.4 Å². The Morgan fingerprint density at radius 2 is 1.74 bits per heavy atom. The SMILES string of the molecule is COc1ccccc1CN(CC(Cc1c[nH]c2ccccc12)NC(=O)Cc1ccc2c(c1)OC=CO2)C(C)=O. The van der Waals surface area contributed by atoms with Crippen molar-refractivity contribution in [3.63, 3.8) is 0 Å². The average molecular weight is 526 g/mol. The molecule has 4 aromatic rings. The Hall–Kier alpha value is -4.72. The summed E-state index contributed by atoms with van der Waals surface area (Å²) < 4.78 is 16.4. The van der Waals surface area contributed by atoms with Crippen LogP contribution in [0.2, 0.25) is 0 Å². The molecular weight excluding hydrogens is 494 g/mol. The minimum Gasteiger partial charge on any atom is -0.496 e. The van der Waals surface area contributed by atoms with Crippen LogP contribution in [0.5, 0.6) is 17.2 Å². The summed E-state index contributed by atoms with van der Waals surface area (Å²) in [5, 5.41) is 4.28. The second-order valence-corrected chi connectivity index (χ2v) is 9.51. The summed E-state index contributed by atoms with van der Waals surface area (Å²) in [6.45, 7) is 2.25. The number of benzene rings is 3. The van der Waals surface area contributed by atoms with E-state index in [1.54, 1.807) is 31.1 Å².